The number of carbonyl (C=O) groups is 1. The molecule has 2 heterocycles. The highest BCUT2D eigenvalue weighted by atomic mass is 32.1. The Morgan fingerprint density at radius 3 is 2.62 bits per heavy atom. The van der Waals surface area contributed by atoms with Crippen LogP contribution in [0.4, 0.5) is 0 Å². The molecule has 0 saturated carbocycles. The van der Waals surface area contributed by atoms with Gasteiger partial charge in [0.1, 0.15) is 5.75 Å². The minimum Gasteiger partial charge on any atom is -0.496 e. The Morgan fingerprint density at radius 2 is 2.04 bits per heavy atom. The first kappa shape index (κ1) is 17.0. The number of aryl methyl sites for hydroxylation is 1. The Balaban J connectivity index is 1.93. The van der Waals surface area contributed by atoms with Crippen LogP contribution in [0.2, 0.25) is 0 Å². The van der Waals surface area contributed by atoms with Gasteiger partial charge in [0.25, 0.3) is 0 Å². The molecule has 0 radical (unpaired) electrons. The molecule has 1 aromatic heterocycles. The molecule has 2 aromatic rings. The summed E-state index contributed by atoms with van der Waals surface area (Å²) in [5, 5.41) is 11.4. The maximum Gasteiger partial charge on any atom is 0.306 e. The number of piperidine rings is 1. The van der Waals surface area contributed by atoms with Crippen molar-refractivity contribution in [2.45, 2.75) is 25.8 Å². The maximum absolute atomic E-state index is 11.2. The molecule has 1 aliphatic rings. The largest absolute Gasteiger partial charge is 0.496 e. The highest BCUT2D eigenvalue weighted by molar-refractivity contribution is 7.10. The van der Waals surface area contributed by atoms with Crippen molar-refractivity contribution >= 4 is 17.3 Å². The number of thiophene rings is 1. The van der Waals surface area contributed by atoms with Gasteiger partial charge in [0.15, 0.2) is 0 Å². The fraction of sp³-hybridized carbons (Fsp3) is 0.421. The van der Waals surface area contributed by atoms with Crippen molar-refractivity contribution < 1.29 is 14.6 Å². The van der Waals surface area contributed by atoms with Crippen LogP contribution < -0.4 is 4.74 Å². The molecule has 1 fully saturated rings. The van der Waals surface area contributed by atoms with E-state index in [4.69, 9.17) is 4.74 Å². The second kappa shape index (κ2) is 7.36. The third-order valence-corrected chi connectivity index (χ3v) is 5.80. The normalized spacial score (nSPS) is 17.6. The molecular weight excluding hydrogens is 322 g/mol. The van der Waals surface area contributed by atoms with Crippen LogP contribution in [0.15, 0.2) is 35.7 Å². The van der Waals surface area contributed by atoms with Crippen molar-refractivity contribution in [3.8, 4) is 5.75 Å². The molecule has 24 heavy (non-hydrogen) atoms. The fourth-order valence-corrected chi connectivity index (χ4v) is 4.47. The molecule has 0 aliphatic carbocycles. The van der Waals surface area contributed by atoms with Crippen LogP contribution in [0.5, 0.6) is 5.75 Å². The molecule has 1 aliphatic heterocycles. The summed E-state index contributed by atoms with van der Waals surface area (Å²) in [6.45, 7) is 3.68. The quantitative estimate of drug-likeness (QED) is 0.891. The third kappa shape index (κ3) is 3.47. The first-order valence-corrected chi connectivity index (χ1v) is 9.13. The van der Waals surface area contributed by atoms with Crippen molar-refractivity contribution in [1.29, 1.82) is 0 Å². The average Bonchev–Trinajstić information content (AvgIpc) is 3.02. The highest BCUT2D eigenvalue weighted by Crippen LogP contribution is 2.39. The van der Waals surface area contributed by atoms with Crippen LogP contribution in [0.1, 0.15) is 34.9 Å². The topological polar surface area (TPSA) is 49.8 Å². The third-order valence-electron chi connectivity index (χ3n) is 4.70. The molecule has 0 bridgehead atoms. The molecule has 5 heteroatoms. The molecule has 1 N–H and O–H groups in total. The molecule has 4 nitrogen and oxygen atoms in total. The number of ether oxygens (including phenoxy) is 1. The molecule has 0 spiro atoms. The Morgan fingerprint density at radius 1 is 1.33 bits per heavy atom. The number of benzene rings is 1. The number of hydrogen-bond donors (Lipinski definition) is 1. The van der Waals surface area contributed by atoms with Gasteiger partial charge in [-0.2, -0.15) is 0 Å². The SMILES string of the molecule is COc1ccccc1C(c1cc(C)cs1)N1CCC(C(=O)O)CC1. The molecule has 1 saturated heterocycles. The highest BCUT2D eigenvalue weighted by Gasteiger charge is 2.32. The van der Waals surface area contributed by atoms with E-state index in [1.165, 1.54) is 10.4 Å². The van der Waals surface area contributed by atoms with Gasteiger partial charge < -0.3 is 9.84 Å². The molecule has 128 valence electrons. The molecule has 3 rings (SSSR count). The summed E-state index contributed by atoms with van der Waals surface area (Å²) in [5.74, 6) is -0.00554. The number of methoxy groups -OCH3 is 1. The lowest BCUT2D eigenvalue weighted by Gasteiger charge is -2.36. The summed E-state index contributed by atoms with van der Waals surface area (Å²) in [4.78, 5) is 14.9. The molecule has 1 atom stereocenters. The Hall–Kier alpha value is -1.85. The summed E-state index contributed by atoms with van der Waals surface area (Å²) >= 11 is 1.76. The standard InChI is InChI=1S/C19H23NO3S/c1-13-11-17(24-12-13)18(15-5-3-4-6-16(15)23-2)20-9-7-14(8-10-20)19(21)22/h3-6,11-12,14,18H,7-10H2,1-2H3,(H,21,22). The van der Waals surface area contributed by atoms with Crippen LogP contribution in [0, 0.1) is 12.8 Å². The van der Waals surface area contributed by atoms with E-state index in [0.29, 0.717) is 12.8 Å². The van der Waals surface area contributed by atoms with Crippen LogP contribution in [0.25, 0.3) is 0 Å². The average molecular weight is 345 g/mol. The second-order valence-corrected chi connectivity index (χ2v) is 7.26. The number of hydrogen-bond acceptors (Lipinski definition) is 4. The predicted molar refractivity (Wildman–Crippen MR) is 95.8 cm³/mol. The molecule has 0 amide bonds. The summed E-state index contributed by atoms with van der Waals surface area (Å²) in [6, 6.07) is 10.5. The van der Waals surface area contributed by atoms with E-state index in [1.54, 1.807) is 18.4 Å². The minimum absolute atomic E-state index is 0.120. The van der Waals surface area contributed by atoms with Gasteiger partial charge in [-0.15, -0.1) is 11.3 Å². The number of likely N-dealkylation sites (tertiary alicyclic amines) is 1. The number of nitrogens with zero attached hydrogens (tertiary/aromatic N) is 1. The van der Waals surface area contributed by atoms with Gasteiger partial charge in [-0.1, -0.05) is 18.2 Å². The lowest BCUT2D eigenvalue weighted by atomic mass is 9.93. The molecular formula is C19H23NO3S. The predicted octanol–water partition coefficient (Wildman–Crippen LogP) is 3.95. The lowest BCUT2D eigenvalue weighted by molar-refractivity contribution is -0.143. The first-order valence-electron chi connectivity index (χ1n) is 8.25. The molecule has 1 unspecified atom stereocenters. The van der Waals surface area contributed by atoms with Crippen molar-refractivity contribution in [1.82, 2.24) is 4.90 Å². The summed E-state index contributed by atoms with van der Waals surface area (Å²) < 4.78 is 5.59. The fourth-order valence-electron chi connectivity index (χ4n) is 3.42. The lowest BCUT2D eigenvalue weighted by Crippen LogP contribution is -2.39. The van der Waals surface area contributed by atoms with Crippen molar-refractivity contribution in [2.75, 3.05) is 20.2 Å². The van der Waals surface area contributed by atoms with Crippen LogP contribution in [-0.2, 0) is 4.79 Å². The number of para-hydroxylation sites is 1. The van der Waals surface area contributed by atoms with Gasteiger partial charge in [-0.25, -0.2) is 0 Å². The minimum atomic E-state index is -0.671. The van der Waals surface area contributed by atoms with Crippen LogP contribution in [-0.4, -0.2) is 36.2 Å². The van der Waals surface area contributed by atoms with Gasteiger partial charge in [-0.3, -0.25) is 9.69 Å². The second-order valence-electron chi connectivity index (χ2n) is 6.32. The van der Waals surface area contributed by atoms with E-state index in [9.17, 15) is 9.90 Å². The van der Waals surface area contributed by atoms with E-state index in [2.05, 4.69) is 29.3 Å². The van der Waals surface area contributed by atoms with Gasteiger partial charge in [0.2, 0.25) is 0 Å². The zero-order valence-electron chi connectivity index (χ0n) is 14.1. The van der Waals surface area contributed by atoms with Crippen molar-refractivity contribution in [3.05, 3.63) is 51.7 Å². The zero-order chi connectivity index (χ0) is 17.1. The summed E-state index contributed by atoms with van der Waals surface area (Å²) in [5.41, 5.74) is 2.41. The Bertz CT molecular complexity index is 704. The monoisotopic (exact) mass is 345 g/mol. The van der Waals surface area contributed by atoms with E-state index in [0.717, 1.165) is 24.4 Å². The first-order chi connectivity index (χ1) is 11.6. The van der Waals surface area contributed by atoms with E-state index in [1.807, 2.05) is 18.2 Å². The number of rotatable bonds is 5. The zero-order valence-corrected chi connectivity index (χ0v) is 14.9. The van der Waals surface area contributed by atoms with E-state index < -0.39 is 5.97 Å². The van der Waals surface area contributed by atoms with Crippen LogP contribution >= 0.6 is 11.3 Å². The Kier molecular flexibility index (Phi) is 5.21. The smallest absolute Gasteiger partial charge is 0.306 e. The van der Waals surface area contributed by atoms with Crippen molar-refractivity contribution in [2.24, 2.45) is 5.92 Å². The number of carboxylic acid groups (broad SMARTS) is 1. The summed E-state index contributed by atoms with van der Waals surface area (Å²) in [7, 11) is 1.70. The van der Waals surface area contributed by atoms with Crippen molar-refractivity contribution in [3.63, 3.8) is 0 Å². The van der Waals surface area contributed by atoms with Gasteiger partial charge >= 0.3 is 5.97 Å². The van der Waals surface area contributed by atoms with Crippen LogP contribution in [0.3, 0.4) is 0 Å². The van der Waals surface area contributed by atoms with Gasteiger partial charge in [0, 0.05) is 10.4 Å². The maximum atomic E-state index is 11.2. The van der Waals surface area contributed by atoms with Gasteiger partial charge in [-0.05, 0) is 55.9 Å². The Labute approximate surface area is 146 Å². The number of carboxylic acids is 1. The van der Waals surface area contributed by atoms with E-state index in [-0.39, 0.29) is 12.0 Å². The molecule has 1 aromatic carbocycles. The van der Waals surface area contributed by atoms with E-state index >= 15 is 0 Å². The number of aliphatic carboxylic acids is 1. The summed E-state index contributed by atoms with van der Waals surface area (Å²) in [6.07, 6.45) is 1.40. The van der Waals surface area contributed by atoms with Gasteiger partial charge in [0.05, 0.1) is 19.1 Å².